The maximum Gasteiger partial charge on any atom is 0.111 e. The van der Waals surface area contributed by atoms with Crippen LogP contribution in [-0.4, -0.2) is 15.2 Å². The molecule has 6 nitrogen and oxygen atoms in total. The first-order valence-electron chi connectivity index (χ1n) is 4.65. The van der Waals surface area contributed by atoms with Crippen LogP contribution >= 0.6 is 0 Å². The van der Waals surface area contributed by atoms with Gasteiger partial charge in [0.1, 0.15) is 5.69 Å². The van der Waals surface area contributed by atoms with Gasteiger partial charge >= 0.3 is 0 Å². The molecule has 2 aromatic heterocycles. The second kappa shape index (κ2) is 4.86. The zero-order chi connectivity index (χ0) is 11.2. The van der Waals surface area contributed by atoms with Gasteiger partial charge in [-0.25, -0.2) is 0 Å². The van der Waals surface area contributed by atoms with Gasteiger partial charge in [0.2, 0.25) is 0 Å². The van der Waals surface area contributed by atoms with Crippen molar-refractivity contribution < 1.29 is 0 Å². The number of azide groups is 1. The molecule has 0 saturated carbocycles. The van der Waals surface area contributed by atoms with Crippen LogP contribution in [0.5, 0.6) is 0 Å². The molecule has 0 aromatic carbocycles. The molecule has 0 N–H and O–H groups in total. The molecule has 0 atom stereocenters. The number of hydrogen-bond acceptors (Lipinski definition) is 4. The summed E-state index contributed by atoms with van der Waals surface area (Å²) in [6, 6.07) is 9.16. The van der Waals surface area contributed by atoms with Crippen molar-refractivity contribution in [2.24, 2.45) is 5.11 Å². The Morgan fingerprint density at radius 1 is 1.12 bits per heavy atom. The first-order valence-corrected chi connectivity index (χ1v) is 4.65. The molecule has 0 aliphatic heterocycles. The summed E-state index contributed by atoms with van der Waals surface area (Å²) in [6.07, 6.45) is 1.70. The van der Waals surface area contributed by atoms with Crippen molar-refractivity contribution in [1.82, 2.24) is 15.2 Å². The van der Waals surface area contributed by atoms with Crippen LogP contribution < -0.4 is 0 Å². The summed E-state index contributed by atoms with van der Waals surface area (Å²) >= 11 is 0. The van der Waals surface area contributed by atoms with Crippen LogP contribution in [0, 0.1) is 0 Å². The maximum atomic E-state index is 8.16. The molecule has 0 amide bonds. The van der Waals surface area contributed by atoms with E-state index >= 15 is 0 Å². The summed E-state index contributed by atoms with van der Waals surface area (Å²) in [5.41, 5.74) is 10.3. The van der Waals surface area contributed by atoms with Crippen molar-refractivity contribution in [1.29, 1.82) is 0 Å². The fourth-order valence-corrected chi connectivity index (χ4v) is 1.20. The lowest BCUT2D eigenvalue weighted by Gasteiger charge is -1.98. The molecule has 0 aliphatic rings. The average molecular weight is 212 g/mol. The lowest BCUT2D eigenvalue weighted by atomic mass is 10.2. The molecule has 2 rings (SSSR count). The number of rotatable bonds is 3. The van der Waals surface area contributed by atoms with Crippen molar-refractivity contribution in [2.75, 3.05) is 0 Å². The van der Waals surface area contributed by atoms with Gasteiger partial charge in [-0.3, -0.25) is 4.98 Å². The van der Waals surface area contributed by atoms with Crippen molar-refractivity contribution in [2.45, 2.75) is 6.54 Å². The van der Waals surface area contributed by atoms with Crippen LogP contribution in [0.15, 0.2) is 41.6 Å². The Hall–Kier alpha value is -2.46. The van der Waals surface area contributed by atoms with Gasteiger partial charge in [-0.15, -0.1) is 5.10 Å². The second-order valence-electron chi connectivity index (χ2n) is 3.01. The first-order chi connectivity index (χ1) is 7.90. The summed E-state index contributed by atoms with van der Waals surface area (Å²) in [5.74, 6) is 0. The molecule has 0 bridgehead atoms. The maximum absolute atomic E-state index is 8.16. The summed E-state index contributed by atoms with van der Waals surface area (Å²) < 4.78 is 0. The highest BCUT2D eigenvalue weighted by Gasteiger charge is 2.00. The van der Waals surface area contributed by atoms with Crippen molar-refractivity contribution >= 4 is 0 Å². The number of pyridine rings is 1. The molecule has 6 heteroatoms. The molecule has 0 fully saturated rings. The minimum Gasteiger partial charge on any atom is -0.255 e. The van der Waals surface area contributed by atoms with Crippen molar-refractivity contribution in [3.05, 3.63) is 52.7 Å². The fourth-order valence-electron chi connectivity index (χ4n) is 1.20. The second-order valence-corrected chi connectivity index (χ2v) is 3.01. The third-order valence-electron chi connectivity index (χ3n) is 1.94. The smallest absolute Gasteiger partial charge is 0.111 e. The third-order valence-corrected chi connectivity index (χ3v) is 1.94. The van der Waals surface area contributed by atoms with Crippen LogP contribution in [0.4, 0.5) is 0 Å². The molecule has 0 aliphatic carbocycles. The zero-order valence-corrected chi connectivity index (χ0v) is 8.35. The largest absolute Gasteiger partial charge is 0.255 e. The zero-order valence-electron chi connectivity index (χ0n) is 8.35. The Morgan fingerprint density at radius 2 is 2.06 bits per heavy atom. The molecule has 78 valence electrons. The summed E-state index contributed by atoms with van der Waals surface area (Å²) in [4.78, 5) is 6.81. The fraction of sp³-hybridized carbons (Fsp3) is 0.100. The van der Waals surface area contributed by atoms with E-state index in [1.54, 1.807) is 18.3 Å². The SMILES string of the molecule is [N-]=[N+]=NCc1ccc(-c2ccccn2)nn1. The van der Waals surface area contributed by atoms with Crippen LogP contribution in [0.2, 0.25) is 0 Å². The Labute approximate surface area is 91.6 Å². The van der Waals surface area contributed by atoms with E-state index in [1.807, 2.05) is 18.2 Å². The summed E-state index contributed by atoms with van der Waals surface area (Å²) in [7, 11) is 0. The normalized spacial score (nSPS) is 9.50. The van der Waals surface area contributed by atoms with E-state index < -0.39 is 0 Å². The van der Waals surface area contributed by atoms with Crippen molar-refractivity contribution in [3.63, 3.8) is 0 Å². The molecule has 2 heterocycles. The monoisotopic (exact) mass is 212 g/mol. The summed E-state index contributed by atoms with van der Waals surface area (Å²) in [5, 5.41) is 11.4. The van der Waals surface area contributed by atoms with Crippen LogP contribution in [-0.2, 0) is 6.54 Å². The van der Waals surface area contributed by atoms with Gasteiger partial charge in [0.05, 0.1) is 17.9 Å². The molecule has 16 heavy (non-hydrogen) atoms. The lowest BCUT2D eigenvalue weighted by molar-refractivity contribution is 0.894. The molecule has 2 aromatic rings. The molecule has 0 spiro atoms. The third kappa shape index (κ3) is 2.31. The van der Waals surface area contributed by atoms with Crippen LogP contribution in [0.25, 0.3) is 21.8 Å². The van der Waals surface area contributed by atoms with Crippen LogP contribution in [0.3, 0.4) is 0 Å². The Kier molecular flexibility index (Phi) is 3.06. The Balaban J connectivity index is 2.23. The Bertz CT molecular complexity index is 501. The van der Waals surface area contributed by atoms with E-state index in [2.05, 4.69) is 25.2 Å². The highest BCUT2D eigenvalue weighted by molar-refractivity contribution is 5.52. The molecule has 0 radical (unpaired) electrons. The van der Waals surface area contributed by atoms with Gasteiger partial charge in [-0.2, -0.15) is 5.10 Å². The van der Waals surface area contributed by atoms with Gasteiger partial charge in [0.25, 0.3) is 0 Å². The number of aromatic nitrogens is 3. The minimum absolute atomic E-state index is 0.214. The van der Waals surface area contributed by atoms with E-state index in [0.717, 1.165) is 5.69 Å². The van der Waals surface area contributed by atoms with Gasteiger partial charge in [-0.1, -0.05) is 11.2 Å². The molecular weight excluding hydrogens is 204 g/mol. The van der Waals surface area contributed by atoms with Crippen molar-refractivity contribution in [3.8, 4) is 11.4 Å². The first kappa shape index (κ1) is 10.1. The molecule has 0 saturated heterocycles. The van der Waals surface area contributed by atoms with Crippen LogP contribution in [0.1, 0.15) is 5.69 Å². The lowest BCUT2D eigenvalue weighted by Crippen LogP contribution is -1.93. The van der Waals surface area contributed by atoms with E-state index in [1.165, 1.54) is 0 Å². The number of nitrogens with zero attached hydrogens (tertiary/aromatic N) is 6. The predicted octanol–water partition coefficient (Wildman–Crippen LogP) is 2.35. The average Bonchev–Trinajstić information content (AvgIpc) is 2.38. The summed E-state index contributed by atoms with van der Waals surface area (Å²) in [6.45, 7) is 0.214. The molecular formula is C10H8N6. The highest BCUT2D eigenvalue weighted by atomic mass is 15.2. The quantitative estimate of drug-likeness (QED) is 0.444. The highest BCUT2D eigenvalue weighted by Crippen LogP contribution is 2.12. The van der Waals surface area contributed by atoms with Gasteiger partial charge in [0.15, 0.2) is 0 Å². The Morgan fingerprint density at radius 3 is 2.69 bits per heavy atom. The van der Waals surface area contributed by atoms with Gasteiger partial charge < -0.3 is 0 Å². The van der Waals surface area contributed by atoms with Gasteiger partial charge in [0, 0.05) is 11.1 Å². The topological polar surface area (TPSA) is 87.4 Å². The molecule has 0 unspecified atom stereocenters. The van der Waals surface area contributed by atoms with E-state index in [4.69, 9.17) is 5.53 Å². The number of hydrogen-bond donors (Lipinski definition) is 0. The van der Waals surface area contributed by atoms with E-state index in [-0.39, 0.29) is 6.54 Å². The standard InChI is InChI=1S/C10H8N6/c11-16-13-7-8-4-5-10(15-14-8)9-3-1-2-6-12-9/h1-6H,7H2. The minimum atomic E-state index is 0.214. The van der Waals surface area contributed by atoms with Gasteiger partial charge in [-0.05, 0) is 29.8 Å². The predicted molar refractivity (Wildman–Crippen MR) is 58.1 cm³/mol. The van der Waals surface area contributed by atoms with E-state index in [9.17, 15) is 0 Å². The van der Waals surface area contributed by atoms with E-state index in [0.29, 0.717) is 11.4 Å².